The van der Waals surface area contributed by atoms with Crippen LogP contribution in [0.25, 0.3) is 0 Å². The summed E-state index contributed by atoms with van der Waals surface area (Å²) in [4.78, 5) is 19.5. The number of hydrogen-bond acceptors (Lipinski definition) is 4. The Morgan fingerprint density at radius 2 is 2.31 bits per heavy atom. The van der Waals surface area contributed by atoms with Gasteiger partial charge in [-0.3, -0.25) is 4.79 Å². The molecule has 0 spiro atoms. The fraction of sp³-hybridized carbons (Fsp3) is 0.500. The Bertz CT molecular complexity index is 363. The van der Waals surface area contributed by atoms with Crippen LogP contribution in [-0.2, 0) is 9.53 Å². The van der Waals surface area contributed by atoms with Gasteiger partial charge in [0.05, 0.1) is 12.4 Å². The normalized spacial score (nSPS) is 20.4. The Labute approximate surface area is 98.2 Å². The van der Waals surface area contributed by atoms with Crippen LogP contribution >= 0.6 is 11.6 Å². The second-order valence-corrected chi connectivity index (χ2v) is 3.96. The van der Waals surface area contributed by atoms with Crippen LogP contribution in [0.5, 0.6) is 0 Å². The maximum Gasteiger partial charge on any atom is 0.254 e. The highest BCUT2D eigenvalue weighted by Crippen LogP contribution is 2.14. The molecule has 1 aliphatic rings. The van der Waals surface area contributed by atoms with Crippen LogP contribution in [0, 0.1) is 0 Å². The maximum atomic E-state index is 11.7. The molecule has 1 atom stereocenters. The predicted molar refractivity (Wildman–Crippen MR) is 59.3 cm³/mol. The van der Waals surface area contributed by atoms with E-state index in [0.29, 0.717) is 17.6 Å². The molecule has 2 rings (SSSR count). The van der Waals surface area contributed by atoms with E-state index in [2.05, 4.69) is 15.3 Å². The molecule has 1 unspecified atom stereocenters. The monoisotopic (exact) mass is 241 g/mol. The molecule has 0 aromatic carbocycles. The number of amides is 1. The van der Waals surface area contributed by atoms with Gasteiger partial charge in [-0.2, -0.15) is 0 Å². The molecule has 0 saturated carbocycles. The lowest BCUT2D eigenvalue weighted by Crippen LogP contribution is -2.33. The van der Waals surface area contributed by atoms with Crippen molar-refractivity contribution < 1.29 is 9.53 Å². The van der Waals surface area contributed by atoms with Crippen molar-refractivity contribution in [3.63, 3.8) is 0 Å². The second-order valence-electron chi connectivity index (χ2n) is 3.57. The van der Waals surface area contributed by atoms with Crippen molar-refractivity contribution in [2.24, 2.45) is 0 Å². The van der Waals surface area contributed by atoms with Gasteiger partial charge in [0.2, 0.25) is 0 Å². The number of nitrogens with one attached hydrogen (secondary N) is 1. The lowest BCUT2D eigenvalue weighted by Gasteiger charge is -2.21. The molecule has 1 saturated heterocycles. The molecule has 1 fully saturated rings. The van der Waals surface area contributed by atoms with E-state index in [1.807, 2.05) is 0 Å². The van der Waals surface area contributed by atoms with E-state index in [0.717, 1.165) is 19.3 Å². The molecule has 5 nitrogen and oxygen atoms in total. The number of aromatic nitrogens is 2. The van der Waals surface area contributed by atoms with Crippen LogP contribution in [-0.4, -0.2) is 28.6 Å². The molecule has 1 aromatic rings. The summed E-state index contributed by atoms with van der Waals surface area (Å²) >= 11 is 5.59. The van der Waals surface area contributed by atoms with Gasteiger partial charge < -0.3 is 10.1 Å². The summed E-state index contributed by atoms with van der Waals surface area (Å²) in [5.41, 5.74) is 0. The minimum atomic E-state index is -0.369. The SMILES string of the molecule is O=C(Nc1cnc(Cl)cn1)C1CCCCO1. The van der Waals surface area contributed by atoms with Gasteiger partial charge >= 0.3 is 0 Å². The molecule has 1 aromatic heterocycles. The largest absolute Gasteiger partial charge is 0.368 e. The Morgan fingerprint density at radius 1 is 1.44 bits per heavy atom. The van der Waals surface area contributed by atoms with Crippen LogP contribution in [0.3, 0.4) is 0 Å². The van der Waals surface area contributed by atoms with Crippen LogP contribution < -0.4 is 5.32 Å². The number of halogens is 1. The Hall–Kier alpha value is -1.20. The Kier molecular flexibility index (Phi) is 3.69. The first-order chi connectivity index (χ1) is 7.75. The van der Waals surface area contributed by atoms with E-state index < -0.39 is 0 Å². The third kappa shape index (κ3) is 2.90. The fourth-order valence-corrected chi connectivity index (χ4v) is 1.63. The quantitative estimate of drug-likeness (QED) is 0.855. The summed E-state index contributed by atoms with van der Waals surface area (Å²) in [6.07, 6.45) is 5.23. The van der Waals surface area contributed by atoms with Crippen molar-refractivity contribution >= 4 is 23.3 Å². The summed E-state index contributed by atoms with van der Waals surface area (Å²) < 4.78 is 5.35. The molecule has 0 radical (unpaired) electrons. The fourth-order valence-electron chi connectivity index (χ4n) is 1.53. The first kappa shape index (κ1) is 11.3. The van der Waals surface area contributed by atoms with Crippen molar-refractivity contribution in [2.45, 2.75) is 25.4 Å². The molecule has 0 aliphatic carbocycles. The van der Waals surface area contributed by atoms with Crippen LogP contribution in [0.1, 0.15) is 19.3 Å². The molecule has 0 bridgehead atoms. The molecular weight excluding hydrogens is 230 g/mol. The number of carbonyl (C=O) groups excluding carboxylic acids is 1. The molecule has 6 heteroatoms. The second kappa shape index (κ2) is 5.23. The van der Waals surface area contributed by atoms with Crippen molar-refractivity contribution in [3.05, 3.63) is 17.5 Å². The maximum absolute atomic E-state index is 11.7. The summed E-state index contributed by atoms with van der Waals surface area (Å²) in [5, 5.41) is 2.94. The van der Waals surface area contributed by atoms with Crippen LogP contribution in [0.4, 0.5) is 5.82 Å². The molecule has 86 valence electrons. The van der Waals surface area contributed by atoms with E-state index in [1.165, 1.54) is 12.4 Å². The highest BCUT2D eigenvalue weighted by atomic mass is 35.5. The van der Waals surface area contributed by atoms with Gasteiger partial charge in [0.1, 0.15) is 11.3 Å². The number of ether oxygens (including phenoxy) is 1. The van der Waals surface area contributed by atoms with Gasteiger partial charge in [0.15, 0.2) is 5.82 Å². The topological polar surface area (TPSA) is 64.1 Å². The van der Waals surface area contributed by atoms with E-state index in [-0.39, 0.29) is 12.0 Å². The minimum Gasteiger partial charge on any atom is -0.368 e. The van der Waals surface area contributed by atoms with Gasteiger partial charge in [-0.1, -0.05) is 11.6 Å². The molecule has 16 heavy (non-hydrogen) atoms. The average Bonchev–Trinajstić information content (AvgIpc) is 2.33. The zero-order valence-corrected chi connectivity index (χ0v) is 9.41. The van der Waals surface area contributed by atoms with Gasteiger partial charge in [-0.05, 0) is 19.3 Å². The summed E-state index contributed by atoms with van der Waals surface area (Å²) in [7, 11) is 0. The van der Waals surface area contributed by atoms with Crippen molar-refractivity contribution in [1.82, 2.24) is 9.97 Å². The summed E-state index contributed by atoms with van der Waals surface area (Å²) in [6.45, 7) is 0.643. The molecule has 2 heterocycles. The number of nitrogens with zero attached hydrogens (tertiary/aromatic N) is 2. The molecule has 1 aliphatic heterocycles. The zero-order chi connectivity index (χ0) is 11.4. The van der Waals surface area contributed by atoms with Gasteiger partial charge in [-0.25, -0.2) is 9.97 Å². The summed E-state index contributed by atoms with van der Waals surface area (Å²) in [5.74, 6) is 0.222. The molecule has 1 amide bonds. The van der Waals surface area contributed by atoms with E-state index in [1.54, 1.807) is 0 Å². The first-order valence-electron chi connectivity index (χ1n) is 5.16. The smallest absolute Gasteiger partial charge is 0.254 e. The molecular formula is C10H12ClN3O2. The van der Waals surface area contributed by atoms with Gasteiger partial charge in [-0.15, -0.1) is 0 Å². The first-order valence-corrected chi connectivity index (χ1v) is 5.53. The third-order valence-corrected chi connectivity index (χ3v) is 2.54. The van der Waals surface area contributed by atoms with Gasteiger partial charge in [0.25, 0.3) is 5.91 Å². The highest BCUT2D eigenvalue weighted by molar-refractivity contribution is 6.29. The number of carbonyl (C=O) groups is 1. The zero-order valence-electron chi connectivity index (χ0n) is 8.65. The van der Waals surface area contributed by atoms with Crippen molar-refractivity contribution in [2.75, 3.05) is 11.9 Å². The highest BCUT2D eigenvalue weighted by Gasteiger charge is 2.22. The van der Waals surface area contributed by atoms with E-state index in [9.17, 15) is 4.79 Å². The Balaban J connectivity index is 1.93. The van der Waals surface area contributed by atoms with Crippen molar-refractivity contribution in [1.29, 1.82) is 0 Å². The minimum absolute atomic E-state index is 0.170. The van der Waals surface area contributed by atoms with Crippen LogP contribution in [0.2, 0.25) is 5.15 Å². The van der Waals surface area contributed by atoms with E-state index >= 15 is 0 Å². The number of rotatable bonds is 2. The molecule has 1 N–H and O–H groups in total. The average molecular weight is 242 g/mol. The van der Waals surface area contributed by atoms with E-state index in [4.69, 9.17) is 16.3 Å². The standard InChI is InChI=1S/C10H12ClN3O2/c11-8-5-13-9(6-12-8)14-10(15)7-3-1-2-4-16-7/h5-7H,1-4H2,(H,13,14,15). The Morgan fingerprint density at radius 3 is 2.94 bits per heavy atom. The number of anilines is 1. The lowest BCUT2D eigenvalue weighted by atomic mass is 10.1. The lowest BCUT2D eigenvalue weighted by molar-refractivity contribution is -0.130. The van der Waals surface area contributed by atoms with Crippen LogP contribution in [0.15, 0.2) is 12.4 Å². The number of hydrogen-bond donors (Lipinski definition) is 1. The van der Waals surface area contributed by atoms with Crippen molar-refractivity contribution in [3.8, 4) is 0 Å². The predicted octanol–water partition coefficient (Wildman–Crippen LogP) is 1.64. The summed E-state index contributed by atoms with van der Waals surface area (Å²) in [6, 6.07) is 0. The van der Waals surface area contributed by atoms with Gasteiger partial charge in [0, 0.05) is 6.61 Å². The third-order valence-electron chi connectivity index (χ3n) is 2.34.